The highest BCUT2D eigenvalue weighted by molar-refractivity contribution is 7.88. The summed E-state index contributed by atoms with van der Waals surface area (Å²) in [7, 11) is -3.20. The van der Waals surface area contributed by atoms with Gasteiger partial charge in [-0.05, 0) is 51.7 Å². The van der Waals surface area contributed by atoms with Gasteiger partial charge < -0.3 is 15.7 Å². The van der Waals surface area contributed by atoms with Gasteiger partial charge in [0.2, 0.25) is 16.0 Å². The number of aromatic nitrogens is 5. The largest absolute Gasteiger partial charge is 0.393 e. The van der Waals surface area contributed by atoms with Crippen molar-refractivity contribution in [1.82, 2.24) is 34.4 Å². The number of nitrogens with one attached hydrogen (secondary N) is 2. The van der Waals surface area contributed by atoms with Crippen LogP contribution in [0.4, 0.5) is 5.95 Å². The Morgan fingerprint density at radius 2 is 1.95 bits per heavy atom. The first-order valence-electron chi connectivity index (χ1n) is 13.0. The first-order valence-corrected chi connectivity index (χ1v) is 14.8. The maximum atomic E-state index is 11.8. The Morgan fingerprint density at radius 1 is 1.21 bits per heavy atom. The minimum Gasteiger partial charge on any atom is -0.393 e. The van der Waals surface area contributed by atoms with E-state index < -0.39 is 10.0 Å². The molecule has 1 saturated heterocycles. The smallest absolute Gasteiger partial charge is 0.223 e. The molecule has 13 heteroatoms. The van der Waals surface area contributed by atoms with Gasteiger partial charge in [-0.25, -0.2) is 27.4 Å². The zero-order valence-electron chi connectivity index (χ0n) is 22.3. The molecule has 0 radical (unpaired) electrons. The number of pyridine rings is 1. The molecule has 0 spiro atoms. The lowest BCUT2D eigenvalue weighted by Crippen LogP contribution is -2.54. The van der Waals surface area contributed by atoms with E-state index in [0.717, 1.165) is 29.9 Å². The van der Waals surface area contributed by atoms with E-state index in [1.165, 1.54) is 16.8 Å². The van der Waals surface area contributed by atoms with E-state index in [1.54, 1.807) is 10.9 Å². The predicted octanol–water partition coefficient (Wildman–Crippen LogP) is 1.74. The third-order valence-corrected chi connectivity index (χ3v) is 8.76. The molecule has 206 valence electrons. The van der Waals surface area contributed by atoms with Gasteiger partial charge in [-0.2, -0.15) is 10.4 Å². The van der Waals surface area contributed by atoms with Gasteiger partial charge in [-0.15, -0.1) is 0 Å². The Kier molecular flexibility index (Phi) is 7.39. The van der Waals surface area contributed by atoms with Gasteiger partial charge >= 0.3 is 0 Å². The van der Waals surface area contributed by atoms with Crippen molar-refractivity contribution in [3.8, 4) is 23.0 Å². The molecule has 0 atom stereocenters. The fraction of sp³-hybridized carbons (Fsp3) is 0.500. The monoisotopic (exact) mass is 551 g/mol. The zero-order chi connectivity index (χ0) is 27.8. The molecule has 39 heavy (non-hydrogen) atoms. The van der Waals surface area contributed by atoms with Crippen molar-refractivity contribution in [2.75, 3.05) is 24.7 Å². The minimum absolute atomic E-state index is 0.0326. The van der Waals surface area contributed by atoms with Crippen LogP contribution in [0.15, 0.2) is 30.7 Å². The molecule has 12 nitrogen and oxygen atoms in total. The highest BCUT2D eigenvalue weighted by Gasteiger charge is 2.38. The molecule has 0 unspecified atom stereocenters. The highest BCUT2D eigenvalue weighted by atomic mass is 32.2. The number of sulfonamides is 1. The third-order valence-electron chi connectivity index (χ3n) is 7.45. The molecule has 1 saturated carbocycles. The lowest BCUT2D eigenvalue weighted by atomic mass is 9.76. The van der Waals surface area contributed by atoms with Gasteiger partial charge in [0, 0.05) is 43.0 Å². The predicted molar refractivity (Wildman–Crippen MR) is 145 cm³/mol. The Morgan fingerprint density at radius 3 is 2.59 bits per heavy atom. The first-order chi connectivity index (χ1) is 18.5. The van der Waals surface area contributed by atoms with Crippen molar-refractivity contribution >= 4 is 16.0 Å². The Balaban J connectivity index is 1.29. The second-order valence-electron chi connectivity index (χ2n) is 10.7. The van der Waals surface area contributed by atoms with E-state index in [1.807, 2.05) is 25.3 Å². The topological polar surface area (TPSA) is 162 Å². The summed E-state index contributed by atoms with van der Waals surface area (Å²) in [6, 6.07) is 6.11. The number of hydrogen-bond donors (Lipinski definition) is 3. The van der Waals surface area contributed by atoms with Crippen LogP contribution in [-0.4, -0.2) is 79.6 Å². The van der Waals surface area contributed by atoms with Gasteiger partial charge in [-0.3, -0.25) is 4.98 Å². The summed E-state index contributed by atoms with van der Waals surface area (Å²) < 4.78 is 26.8. The fourth-order valence-corrected chi connectivity index (χ4v) is 6.09. The summed E-state index contributed by atoms with van der Waals surface area (Å²) in [4.78, 5) is 13.6. The molecule has 0 amide bonds. The van der Waals surface area contributed by atoms with E-state index in [4.69, 9.17) is 4.98 Å². The number of nitrogens with zero attached hydrogens (tertiary/aromatic N) is 7. The van der Waals surface area contributed by atoms with Crippen molar-refractivity contribution < 1.29 is 13.5 Å². The summed E-state index contributed by atoms with van der Waals surface area (Å²) in [6.07, 6.45) is 8.74. The lowest BCUT2D eigenvalue weighted by Gasteiger charge is -2.43. The number of aliphatic hydroxyl groups excluding tert-OH is 1. The summed E-state index contributed by atoms with van der Waals surface area (Å²) >= 11 is 0. The van der Waals surface area contributed by atoms with Gasteiger partial charge in [0.1, 0.15) is 6.07 Å². The van der Waals surface area contributed by atoms with Crippen molar-refractivity contribution in [3.05, 3.63) is 47.7 Å². The molecule has 1 aliphatic carbocycles. The standard InChI is InChI=1S/C26H33N9O3S/c1-17-23(5-4-21(31-17)15-29-26(2)10-22(36)11-26)35-16-19(14-30-35)24-18(12-27)13-28-25(33-24)32-20-6-8-34(9-7-20)39(3,37)38/h4-5,13-14,16,20,22,29,36H,6-11,15H2,1-3H3,(H,28,32,33). The van der Waals surface area contributed by atoms with Crippen molar-refractivity contribution in [3.63, 3.8) is 0 Å². The van der Waals surface area contributed by atoms with Gasteiger partial charge in [0.15, 0.2) is 0 Å². The number of anilines is 1. The van der Waals surface area contributed by atoms with Crippen molar-refractivity contribution in [2.24, 2.45) is 0 Å². The number of nitriles is 1. The average molecular weight is 552 g/mol. The van der Waals surface area contributed by atoms with E-state index in [2.05, 4.69) is 38.7 Å². The molecule has 0 bridgehead atoms. The summed E-state index contributed by atoms with van der Waals surface area (Å²) in [5.74, 6) is 0.386. The maximum absolute atomic E-state index is 11.8. The number of piperidine rings is 1. The highest BCUT2D eigenvalue weighted by Crippen LogP contribution is 2.32. The maximum Gasteiger partial charge on any atom is 0.223 e. The number of aryl methyl sites for hydroxylation is 1. The molecular formula is C26H33N9O3S. The molecule has 3 aromatic rings. The van der Waals surface area contributed by atoms with E-state index in [-0.39, 0.29) is 17.7 Å². The number of aliphatic hydroxyl groups is 1. The first kappa shape index (κ1) is 27.1. The van der Waals surface area contributed by atoms with Crippen LogP contribution in [0.1, 0.15) is 49.6 Å². The molecule has 3 N–H and O–H groups in total. The van der Waals surface area contributed by atoms with Crippen LogP contribution in [-0.2, 0) is 16.6 Å². The third kappa shape index (κ3) is 6.09. The van der Waals surface area contributed by atoms with Crippen LogP contribution < -0.4 is 10.6 Å². The van der Waals surface area contributed by atoms with Crippen LogP contribution in [0.3, 0.4) is 0 Å². The molecule has 5 rings (SSSR count). The van der Waals surface area contributed by atoms with Gasteiger partial charge in [0.25, 0.3) is 0 Å². The summed E-state index contributed by atoms with van der Waals surface area (Å²) in [5.41, 5.74) is 3.96. The molecular weight excluding hydrogens is 518 g/mol. The second kappa shape index (κ2) is 10.6. The lowest BCUT2D eigenvalue weighted by molar-refractivity contribution is 0.0107. The van der Waals surface area contributed by atoms with Gasteiger partial charge in [-0.1, -0.05) is 0 Å². The van der Waals surface area contributed by atoms with E-state index >= 15 is 0 Å². The van der Waals surface area contributed by atoms with Gasteiger partial charge in [0.05, 0.1) is 53.1 Å². The van der Waals surface area contributed by atoms with Crippen molar-refractivity contribution in [1.29, 1.82) is 5.26 Å². The van der Waals surface area contributed by atoms with Crippen LogP contribution in [0, 0.1) is 18.3 Å². The fourth-order valence-electron chi connectivity index (χ4n) is 5.22. The van der Waals surface area contributed by atoms with E-state index in [9.17, 15) is 18.8 Å². The average Bonchev–Trinajstić information content (AvgIpc) is 3.36. The Bertz CT molecular complexity index is 1500. The van der Waals surface area contributed by atoms with E-state index in [0.29, 0.717) is 55.2 Å². The van der Waals surface area contributed by atoms with Crippen LogP contribution in [0.5, 0.6) is 0 Å². The van der Waals surface area contributed by atoms with Crippen LogP contribution in [0.25, 0.3) is 16.9 Å². The second-order valence-corrected chi connectivity index (χ2v) is 12.7. The normalized spacial score (nSPS) is 22.3. The van der Waals surface area contributed by atoms with Crippen LogP contribution in [0.2, 0.25) is 0 Å². The quantitative estimate of drug-likeness (QED) is 0.376. The zero-order valence-corrected chi connectivity index (χ0v) is 23.1. The van der Waals surface area contributed by atoms with Crippen LogP contribution >= 0.6 is 0 Å². The Hall–Kier alpha value is -3.44. The Labute approximate surface area is 228 Å². The summed E-state index contributed by atoms with van der Waals surface area (Å²) in [6.45, 7) is 5.54. The summed E-state index contributed by atoms with van der Waals surface area (Å²) in [5, 5.41) is 30.6. The molecule has 4 heterocycles. The number of hydrogen-bond acceptors (Lipinski definition) is 10. The molecule has 2 fully saturated rings. The van der Waals surface area contributed by atoms with Crippen molar-refractivity contribution in [2.45, 2.75) is 63.8 Å². The molecule has 1 aliphatic heterocycles. The SMILES string of the molecule is Cc1nc(CNC2(C)CC(O)C2)ccc1-n1cc(-c2nc(NC3CCN(S(C)(=O)=O)CC3)ncc2C#N)cn1. The molecule has 2 aliphatic rings. The molecule has 3 aromatic heterocycles. The minimum atomic E-state index is -3.20. The number of rotatable bonds is 8. The molecule has 0 aromatic carbocycles.